The molecule has 0 heterocycles. The first-order valence-corrected chi connectivity index (χ1v) is 2.25. The fourth-order valence-electron chi connectivity index (χ4n) is 0.0833. The Morgan fingerprint density at radius 2 is 2.25 bits per heavy atom. The van der Waals surface area contributed by atoms with E-state index in [1.807, 2.05) is 6.92 Å². The van der Waals surface area contributed by atoms with Crippen molar-refractivity contribution in [3.8, 4) is 0 Å². The molecular weight excluding hydrogens is 106 g/mol. The van der Waals surface area contributed by atoms with Crippen LogP contribution in [0.4, 0.5) is 0 Å². The summed E-state index contributed by atoms with van der Waals surface area (Å²) in [5.41, 5.74) is 0. The van der Waals surface area contributed by atoms with E-state index in [-0.39, 0.29) is 0 Å². The van der Waals surface area contributed by atoms with Gasteiger partial charge in [-0.15, -0.1) is 0 Å². The van der Waals surface area contributed by atoms with Gasteiger partial charge in [0.05, 0.1) is 6.26 Å². The third kappa shape index (κ3) is 79.0. The van der Waals surface area contributed by atoms with Crippen molar-refractivity contribution in [2.24, 2.45) is 0 Å². The summed E-state index contributed by atoms with van der Waals surface area (Å²) in [6.45, 7) is 5.51. The van der Waals surface area contributed by atoms with Crippen molar-refractivity contribution in [1.82, 2.24) is 5.32 Å². The van der Waals surface area contributed by atoms with Crippen molar-refractivity contribution >= 4 is 6.41 Å². The summed E-state index contributed by atoms with van der Waals surface area (Å²) < 4.78 is 0. The molecule has 0 aromatic carbocycles. The number of aliphatic hydroxyl groups is 1. The van der Waals surface area contributed by atoms with Gasteiger partial charge in [0.2, 0.25) is 6.41 Å². The number of carbonyl (C=O) groups is 1. The summed E-state index contributed by atoms with van der Waals surface area (Å²) in [6.07, 6.45) is 1.43. The molecule has 0 unspecified atom stereocenters. The van der Waals surface area contributed by atoms with Crippen molar-refractivity contribution < 1.29 is 9.90 Å². The monoisotopic (exact) mass is 117 g/mol. The van der Waals surface area contributed by atoms with Gasteiger partial charge in [-0.2, -0.15) is 0 Å². The van der Waals surface area contributed by atoms with E-state index in [2.05, 4.69) is 11.9 Å². The topological polar surface area (TPSA) is 49.3 Å². The van der Waals surface area contributed by atoms with E-state index in [0.29, 0.717) is 6.41 Å². The molecule has 8 heavy (non-hydrogen) atoms. The Morgan fingerprint density at radius 3 is 2.25 bits per heavy atom. The molecule has 0 spiro atoms. The SMILES string of the molecule is C=CO.CCNC=O. The normalized spacial score (nSPS) is 5.62. The van der Waals surface area contributed by atoms with Crippen LogP contribution in [0.3, 0.4) is 0 Å². The molecular formula is C5H11NO2. The number of hydrogen-bond donors (Lipinski definition) is 2. The lowest BCUT2D eigenvalue weighted by molar-refractivity contribution is -0.109. The highest BCUT2D eigenvalue weighted by Crippen LogP contribution is 1.37. The minimum absolute atomic E-state index is 0.681. The average Bonchev–Trinajstić information content (AvgIpc) is 1.71. The summed E-state index contributed by atoms with van der Waals surface area (Å²) in [6, 6.07) is 0. The molecule has 0 radical (unpaired) electrons. The molecule has 1 amide bonds. The molecule has 0 fully saturated rings. The first kappa shape index (κ1) is 10.1. The lowest BCUT2D eigenvalue weighted by Gasteiger charge is -1.78. The molecule has 0 rings (SSSR count). The maximum Gasteiger partial charge on any atom is 0.207 e. The van der Waals surface area contributed by atoms with Gasteiger partial charge in [-0.05, 0) is 6.92 Å². The molecule has 3 nitrogen and oxygen atoms in total. The second-order valence-electron chi connectivity index (χ2n) is 0.858. The van der Waals surface area contributed by atoms with Crippen molar-refractivity contribution in [2.45, 2.75) is 6.92 Å². The zero-order valence-electron chi connectivity index (χ0n) is 4.92. The Bertz CT molecular complexity index is 54.4. The standard InChI is InChI=1S/C3H7NO.C2H4O/c1-2-4-3-5;1-2-3/h3H,2H2,1H3,(H,4,5);2-3H,1H2. The minimum atomic E-state index is 0.681. The van der Waals surface area contributed by atoms with Crippen LogP contribution in [0.5, 0.6) is 0 Å². The zero-order valence-corrected chi connectivity index (χ0v) is 4.92. The Labute approximate surface area is 49.0 Å². The first-order chi connectivity index (χ1) is 3.83. The lowest BCUT2D eigenvalue weighted by atomic mass is 10.8. The van der Waals surface area contributed by atoms with Crippen LogP contribution in [-0.2, 0) is 4.79 Å². The zero-order chi connectivity index (χ0) is 6.83. The fourth-order valence-corrected chi connectivity index (χ4v) is 0.0833. The Balaban J connectivity index is 0. The molecule has 0 saturated carbocycles. The van der Waals surface area contributed by atoms with Gasteiger partial charge in [0, 0.05) is 6.54 Å². The average molecular weight is 117 g/mol. The Morgan fingerprint density at radius 1 is 1.88 bits per heavy atom. The van der Waals surface area contributed by atoms with Gasteiger partial charge in [0.15, 0.2) is 0 Å². The van der Waals surface area contributed by atoms with Crippen molar-refractivity contribution in [2.75, 3.05) is 6.54 Å². The van der Waals surface area contributed by atoms with Crippen LogP contribution in [0.15, 0.2) is 12.8 Å². The van der Waals surface area contributed by atoms with Gasteiger partial charge < -0.3 is 10.4 Å². The van der Waals surface area contributed by atoms with Crippen LogP contribution in [0, 0.1) is 0 Å². The number of carbonyl (C=O) groups excluding carboxylic acids is 1. The fraction of sp³-hybridized carbons (Fsp3) is 0.400. The number of nitrogens with one attached hydrogen (secondary N) is 1. The van der Waals surface area contributed by atoms with E-state index in [0.717, 1.165) is 12.8 Å². The van der Waals surface area contributed by atoms with E-state index in [9.17, 15) is 4.79 Å². The number of rotatable bonds is 2. The van der Waals surface area contributed by atoms with Crippen LogP contribution >= 0.6 is 0 Å². The van der Waals surface area contributed by atoms with E-state index >= 15 is 0 Å². The number of amides is 1. The molecule has 0 aliphatic rings. The van der Waals surface area contributed by atoms with E-state index in [1.54, 1.807) is 0 Å². The lowest BCUT2D eigenvalue weighted by Crippen LogP contribution is -2.07. The predicted octanol–water partition coefficient (Wildman–Crippen LogP) is 0.440. The van der Waals surface area contributed by atoms with Gasteiger partial charge in [-0.1, -0.05) is 6.58 Å². The Hall–Kier alpha value is -0.990. The molecule has 0 atom stereocenters. The molecule has 0 saturated heterocycles. The van der Waals surface area contributed by atoms with Crippen LogP contribution in [-0.4, -0.2) is 18.1 Å². The maximum atomic E-state index is 9.29. The van der Waals surface area contributed by atoms with Gasteiger partial charge in [0.25, 0.3) is 0 Å². The van der Waals surface area contributed by atoms with Gasteiger partial charge >= 0.3 is 0 Å². The molecule has 0 bridgehead atoms. The minimum Gasteiger partial charge on any atom is -0.516 e. The smallest absolute Gasteiger partial charge is 0.207 e. The summed E-state index contributed by atoms with van der Waals surface area (Å²) in [5, 5.41) is 9.76. The highest BCUT2D eigenvalue weighted by molar-refractivity contribution is 5.45. The highest BCUT2D eigenvalue weighted by Gasteiger charge is 1.59. The van der Waals surface area contributed by atoms with Crippen molar-refractivity contribution in [1.29, 1.82) is 0 Å². The summed E-state index contributed by atoms with van der Waals surface area (Å²) >= 11 is 0. The third-order valence-electron chi connectivity index (χ3n) is 0.287. The van der Waals surface area contributed by atoms with E-state index in [4.69, 9.17) is 5.11 Å². The molecule has 2 N–H and O–H groups in total. The van der Waals surface area contributed by atoms with Crippen molar-refractivity contribution in [3.63, 3.8) is 0 Å². The summed E-state index contributed by atoms with van der Waals surface area (Å²) in [5.74, 6) is 0. The third-order valence-corrected chi connectivity index (χ3v) is 0.287. The molecule has 0 aromatic heterocycles. The van der Waals surface area contributed by atoms with E-state index < -0.39 is 0 Å². The van der Waals surface area contributed by atoms with Gasteiger partial charge in [-0.25, -0.2) is 0 Å². The number of hydrogen-bond acceptors (Lipinski definition) is 2. The van der Waals surface area contributed by atoms with E-state index in [1.165, 1.54) is 0 Å². The molecule has 48 valence electrons. The van der Waals surface area contributed by atoms with Gasteiger partial charge in [-0.3, -0.25) is 4.79 Å². The van der Waals surface area contributed by atoms with Crippen LogP contribution in [0.1, 0.15) is 6.92 Å². The maximum absolute atomic E-state index is 9.29. The Kier molecular flexibility index (Phi) is 21.0. The molecule has 3 heteroatoms. The second kappa shape index (κ2) is 16.7. The molecule has 0 aliphatic heterocycles. The summed E-state index contributed by atoms with van der Waals surface area (Å²) in [4.78, 5) is 9.29. The van der Waals surface area contributed by atoms with Crippen LogP contribution < -0.4 is 5.32 Å². The largest absolute Gasteiger partial charge is 0.516 e. The summed E-state index contributed by atoms with van der Waals surface area (Å²) in [7, 11) is 0. The number of aliphatic hydroxyl groups excluding tert-OH is 1. The van der Waals surface area contributed by atoms with Crippen LogP contribution in [0.2, 0.25) is 0 Å². The van der Waals surface area contributed by atoms with Crippen molar-refractivity contribution in [3.05, 3.63) is 12.8 Å². The quantitative estimate of drug-likeness (QED) is 0.407. The van der Waals surface area contributed by atoms with Gasteiger partial charge in [0.1, 0.15) is 0 Å². The second-order valence-corrected chi connectivity index (χ2v) is 0.858. The first-order valence-electron chi connectivity index (χ1n) is 2.25. The van der Waals surface area contributed by atoms with Crippen LogP contribution in [0.25, 0.3) is 0 Å². The predicted molar refractivity (Wildman–Crippen MR) is 32.6 cm³/mol. The highest BCUT2D eigenvalue weighted by atomic mass is 16.2. The molecule has 0 aromatic rings. The molecule has 0 aliphatic carbocycles.